The first-order valence-electron chi connectivity index (χ1n) is 8.31. The molecule has 0 saturated carbocycles. The molecule has 0 fully saturated rings. The number of fused-ring (bicyclic) bond motifs is 1. The van der Waals surface area contributed by atoms with Crippen molar-refractivity contribution in [3.8, 4) is 5.69 Å². The second kappa shape index (κ2) is 6.79. The van der Waals surface area contributed by atoms with Crippen molar-refractivity contribution in [1.29, 1.82) is 0 Å². The monoisotopic (exact) mass is 347 g/mol. The Morgan fingerprint density at radius 1 is 1.15 bits per heavy atom. The molecule has 1 N–H and O–H groups in total. The predicted octanol–water partition coefficient (Wildman–Crippen LogP) is 3.29. The third-order valence-electron chi connectivity index (χ3n) is 4.01. The van der Waals surface area contributed by atoms with Crippen LogP contribution in [0.3, 0.4) is 0 Å². The maximum absolute atomic E-state index is 12.1. The fourth-order valence-corrected chi connectivity index (χ4v) is 2.75. The highest BCUT2D eigenvalue weighted by Crippen LogP contribution is 2.19. The Morgan fingerprint density at radius 2 is 1.96 bits per heavy atom. The summed E-state index contributed by atoms with van der Waals surface area (Å²) < 4.78 is 6.88. The van der Waals surface area contributed by atoms with E-state index in [9.17, 15) is 4.79 Å². The van der Waals surface area contributed by atoms with Gasteiger partial charge in [0.15, 0.2) is 5.82 Å². The van der Waals surface area contributed by atoms with Crippen LogP contribution in [0.25, 0.3) is 16.6 Å². The first-order chi connectivity index (χ1) is 12.7. The first-order valence-corrected chi connectivity index (χ1v) is 8.31. The van der Waals surface area contributed by atoms with Gasteiger partial charge in [-0.15, -0.1) is 0 Å². The summed E-state index contributed by atoms with van der Waals surface area (Å²) in [7, 11) is 0. The molecule has 0 unspecified atom stereocenters. The zero-order chi connectivity index (χ0) is 17.9. The molecule has 0 aliphatic heterocycles. The molecule has 0 atom stereocenters. The van der Waals surface area contributed by atoms with Crippen molar-refractivity contribution >= 4 is 22.5 Å². The molecule has 26 heavy (non-hydrogen) atoms. The number of benzene rings is 2. The van der Waals surface area contributed by atoms with E-state index in [0.717, 1.165) is 22.3 Å². The molecule has 2 heterocycles. The van der Waals surface area contributed by atoms with Crippen molar-refractivity contribution in [2.24, 2.45) is 0 Å². The smallest absolute Gasteiger partial charge is 0.227 e. The molecule has 2 aromatic carbocycles. The van der Waals surface area contributed by atoms with Crippen molar-refractivity contribution in [1.82, 2.24) is 19.9 Å². The average Bonchev–Trinajstić information content (AvgIpc) is 3.27. The van der Waals surface area contributed by atoms with Gasteiger partial charge in [0.25, 0.3) is 0 Å². The van der Waals surface area contributed by atoms with E-state index < -0.39 is 0 Å². The molecule has 130 valence electrons. The molecule has 0 spiro atoms. The van der Waals surface area contributed by atoms with Crippen LogP contribution in [0.5, 0.6) is 0 Å². The SMILES string of the molecule is Cc1noc(CCC(=O)Nc2ccc(-n3ncc4ccccc43)cc2)n1. The van der Waals surface area contributed by atoms with Gasteiger partial charge in [-0.3, -0.25) is 4.79 Å². The van der Waals surface area contributed by atoms with Gasteiger partial charge in [0.1, 0.15) is 0 Å². The second-order valence-electron chi connectivity index (χ2n) is 5.95. The summed E-state index contributed by atoms with van der Waals surface area (Å²) in [5.41, 5.74) is 2.71. The fraction of sp³-hybridized carbons (Fsp3) is 0.158. The number of para-hydroxylation sites is 1. The van der Waals surface area contributed by atoms with Crippen LogP contribution in [-0.2, 0) is 11.2 Å². The van der Waals surface area contributed by atoms with Crippen molar-refractivity contribution in [2.75, 3.05) is 5.32 Å². The standard InChI is InChI=1S/C19H17N5O2/c1-13-21-19(26-23-13)11-10-18(25)22-15-6-8-16(9-7-15)24-17-5-3-2-4-14(17)12-20-24/h2-9,12H,10-11H2,1H3,(H,22,25). The van der Waals surface area contributed by atoms with Crippen LogP contribution in [0.2, 0.25) is 0 Å². The Morgan fingerprint density at radius 3 is 2.73 bits per heavy atom. The summed E-state index contributed by atoms with van der Waals surface area (Å²) in [6.07, 6.45) is 2.54. The Kier molecular flexibility index (Phi) is 4.18. The molecule has 0 aliphatic carbocycles. The quantitative estimate of drug-likeness (QED) is 0.599. The minimum atomic E-state index is -0.0989. The molecule has 0 radical (unpaired) electrons. The highest BCUT2D eigenvalue weighted by Gasteiger charge is 2.08. The van der Waals surface area contributed by atoms with Crippen LogP contribution < -0.4 is 5.32 Å². The molecule has 4 rings (SSSR count). The third-order valence-corrected chi connectivity index (χ3v) is 4.01. The van der Waals surface area contributed by atoms with Crippen LogP contribution in [0.4, 0.5) is 5.69 Å². The normalized spacial score (nSPS) is 11.0. The van der Waals surface area contributed by atoms with Gasteiger partial charge in [-0.05, 0) is 37.3 Å². The Bertz CT molecular complexity index is 1050. The van der Waals surface area contributed by atoms with Gasteiger partial charge in [-0.1, -0.05) is 23.4 Å². The van der Waals surface area contributed by atoms with E-state index in [1.165, 1.54) is 0 Å². The maximum Gasteiger partial charge on any atom is 0.227 e. The number of carbonyl (C=O) groups is 1. The maximum atomic E-state index is 12.1. The van der Waals surface area contributed by atoms with E-state index >= 15 is 0 Å². The number of anilines is 1. The van der Waals surface area contributed by atoms with Gasteiger partial charge >= 0.3 is 0 Å². The van der Waals surface area contributed by atoms with Crippen molar-refractivity contribution in [3.05, 3.63) is 66.4 Å². The van der Waals surface area contributed by atoms with Crippen LogP contribution in [0, 0.1) is 6.92 Å². The van der Waals surface area contributed by atoms with Gasteiger partial charge in [-0.2, -0.15) is 10.1 Å². The zero-order valence-corrected chi connectivity index (χ0v) is 14.2. The summed E-state index contributed by atoms with van der Waals surface area (Å²) in [6, 6.07) is 15.6. The number of nitrogens with one attached hydrogen (secondary N) is 1. The molecule has 2 aromatic heterocycles. The number of hydrogen-bond donors (Lipinski definition) is 1. The van der Waals surface area contributed by atoms with E-state index in [0.29, 0.717) is 18.1 Å². The molecule has 4 aromatic rings. The van der Waals surface area contributed by atoms with Gasteiger partial charge < -0.3 is 9.84 Å². The lowest BCUT2D eigenvalue weighted by Crippen LogP contribution is -2.12. The van der Waals surface area contributed by atoms with Crippen molar-refractivity contribution in [2.45, 2.75) is 19.8 Å². The Labute approximate surface area is 149 Å². The number of aromatic nitrogens is 4. The Balaban J connectivity index is 1.42. The van der Waals surface area contributed by atoms with E-state index in [2.05, 4.69) is 20.6 Å². The lowest BCUT2D eigenvalue weighted by molar-refractivity contribution is -0.116. The summed E-state index contributed by atoms with van der Waals surface area (Å²) in [6.45, 7) is 1.75. The minimum Gasteiger partial charge on any atom is -0.339 e. The van der Waals surface area contributed by atoms with Crippen molar-refractivity contribution < 1.29 is 9.32 Å². The second-order valence-corrected chi connectivity index (χ2v) is 5.95. The van der Waals surface area contributed by atoms with E-state index in [4.69, 9.17) is 4.52 Å². The molecular weight excluding hydrogens is 330 g/mol. The van der Waals surface area contributed by atoms with Gasteiger partial charge in [0.05, 0.1) is 17.4 Å². The summed E-state index contributed by atoms with van der Waals surface area (Å²) in [5.74, 6) is 0.943. The average molecular weight is 347 g/mol. The molecule has 7 nitrogen and oxygen atoms in total. The van der Waals surface area contributed by atoms with Crippen LogP contribution in [0.1, 0.15) is 18.1 Å². The van der Waals surface area contributed by atoms with Crippen LogP contribution in [0.15, 0.2) is 59.3 Å². The van der Waals surface area contributed by atoms with Crippen LogP contribution >= 0.6 is 0 Å². The van der Waals surface area contributed by atoms with Crippen molar-refractivity contribution in [3.63, 3.8) is 0 Å². The minimum absolute atomic E-state index is 0.0989. The van der Waals surface area contributed by atoms with E-state index in [1.54, 1.807) is 6.92 Å². The molecule has 7 heteroatoms. The van der Waals surface area contributed by atoms with Crippen LogP contribution in [-0.4, -0.2) is 25.8 Å². The number of rotatable bonds is 5. The summed E-state index contributed by atoms with van der Waals surface area (Å²) >= 11 is 0. The number of carbonyl (C=O) groups excluding carboxylic acids is 1. The summed E-state index contributed by atoms with van der Waals surface area (Å²) in [5, 5.41) is 12.1. The molecule has 0 saturated heterocycles. The highest BCUT2D eigenvalue weighted by atomic mass is 16.5. The number of hydrogen-bond acceptors (Lipinski definition) is 5. The number of aryl methyl sites for hydroxylation is 2. The van der Waals surface area contributed by atoms with Gasteiger partial charge in [0, 0.05) is 23.9 Å². The number of amides is 1. The molecule has 1 amide bonds. The summed E-state index contributed by atoms with van der Waals surface area (Å²) in [4.78, 5) is 16.1. The molecule has 0 aliphatic rings. The zero-order valence-electron chi connectivity index (χ0n) is 14.2. The third kappa shape index (κ3) is 3.32. The highest BCUT2D eigenvalue weighted by molar-refractivity contribution is 5.91. The number of nitrogens with zero attached hydrogens (tertiary/aromatic N) is 4. The Hall–Kier alpha value is -3.48. The molecular formula is C19H17N5O2. The fourth-order valence-electron chi connectivity index (χ4n) is 2.75. The van der Waals surface area contributed by atoms with Gasteiger partial charge in [0.2, 0.25) is 11.8 Å². The first kappa shape index (κ1) is 16.0. The lowest BCUT2D eigenvalue weighted by atomic mass is 10.2. The van der Waals surface area contributed by atoms with Gasteiger partial charge in [-0.25, -0.2) is 4.68 Å². The predicted molar refractivity (Wildman–Crippen MR) is 97.1 cm³/mol. The largest absolute Gasteiger partial charge is 0.339 e. The van der Waals surface area contributed by atoms with E-state index in [-0.39, 0.29) is 12.3 Å². The van der Waals surface area contributed by atoms with E-state index in [1.807, 2.05) is 59.4 Å². The lowest BCUT2D eigenvalue weighted by Gasteiger charge is -2.07. The topological polar surface area (TPSA) is 85.8 Å². The molecule has 0 bridgehead atoms.